The minimum Gasteiger partial charge on any atom is -0.481 e. The number of amides is 2. The second kappa shape index (κ2) is 6.40. The summed E-state index contributed by atoms with van der Waals surface area (Å²) in [5.74, 6) is -0.800. The van der Waals surface area contributed by atoms with Crippen LogP contribution < -0.4 is 10.6 Å². The van der Waals surface area contributed by atoms with Crippen molar-refractivity contribution in [1.82, 2.24) is 20.4 Å². The molecule has 0 saturated heterocycles. The smallest absolute Gasteiger partial charge is 0.314 e. The molecule has 0 spiro atoms. The molecule has 1 aromatic heterocycles. The van der Waals surface area contributed by atoms with E-state index >= 15 is 0 Å². The first-order valence-corrected chi connectivity index (χ1v) is 6.81. The van der Waals surface area contributed by atoms with Gasteiger partial charge in [-0.15, -0.1) is 0 Å². The number of aliphatic carboxylic acids is 1. The van der Waals surface area contributed by atoms with Crippen LogP contribution in [0.3, 0.4) is 0 Å². The van der Waals surface area contributed by atoms with E-state index in [1.165, 1.54) is 0 Å². The molecule has 2 amide bonds. The molecule has 0 aliphatic heterocycles. The third kappa shape index (κ3) is 3.97. The molecule has 3 N–H and O–H groups in total. The van der Waals surface area contributed by atoms with E-state index < -0.39 is 5.97 Å². The highest BCUT2D eigenvalue weighted by molar-refractivity contribution is 5.74. The zero-order valence-corrected chi connectivity index (χ0v) is 11.3. The third-order valence-electron chi connectivity index (χ3n) is 3.75. The van der Waals surface area contributed by atoms with E-state index in [0.29, 0.717) is 19.6 Å². The molecule has 1 fully saturated rings. The topological polar surface area (TPSA) is 96.3 Å². The first kappa shape index (κ1) is 14.4. The van der Waals surface area contributed by atoms with E-state index in [-0.39, 0.29) is 17.9 Å². The minimum atomic E-state index is -0.800. The van der Waals surface area contributed by atoms with Crippen LogP contribution in [-0.2, 0) is 11.3 Å². The maximum Gasteiger partial charge on any atom is 0.314 e. The van der Waals surface area contributed by atoms with E-state index in [4.69, 9.17) is 5.11 Å². The van der Waals surface area contributed by atoms with Crippen LogP contribution in [0.4, 0.5) is 4.79 Å². The lowest BCUT2D eigenvalue weighted by atomic mass is 9.66. The van der Waals surface area contributed by atoms with Gasteiger partial charge in [0.05, 0.1) is 13.0 Å². The lowest BCUT2D eigenvalue weighted by Gasteiger charge is -2.40. The van der Waals surface area contributed by atoms with Gasteiger partial charge in [-0.1, -0.05) is 6.42 Å². The van der Waals surface area contributed by atoms with Crippen LogP contribution in [0.1, 0.15) is 25.7 Å². The first-order chi connectivity index (χ1) is 9.60. The highest BCUT2D eigenvalue weighted by Gasteiger charge is 2.39. The molecule has 0 aromatic carbocycles. The van der Waals surface area contributed by atoms with Gasteiger partial charge in [-0.2, -0.15) is 5.10 Å². The Balaban J connectivity index is 1.65. The molecule has 0 radical (unpaired) electrons. The molecule has 1 aliphatic rings. The quantitative estimate of drug-likeness (QED) is 0.689. The van der Waals surface area contributed by atoms with E-state index in [9.17, 15) is 9.59 Å². The maximum atomic E-state index is 11.6. The molecule has 7 heteroatoms. The fourth-order valence-electron chi connectivity index (χ4n) is 2.46. The van der Waals surface area contributed by atoms with Gasteiger partial charge in [-0.3, -0.25) is 9.48 Å². The van der Waals surface area contributed by atoms with Crippen LogP contribution in [0, 0.1) is 5.41 Å². The van der Waals surface area contributed by atoms with Gasteiger partial charge < -0.3 is 15.7 Å². The normalized spacial score (nSPS) is 16.2. The first-order valence-electron chi connectivity index (χ1n) is 6.81. The summed E-state index contributed by atoms with van der Waals surface area (Å²) in [6.07, 6.45) is 6.41. The van der Waals surface area contributed by atoms with Gasteiger partial charge in [0.25, 0.3) is 0 Å². The molecular formula is C13H20N4O3. The molecule has 1 aromatic rings. The molecule has 1 heterocycles. The minimum absolute atomic E-state index is 0.126. The van der Waals surface area contributed by atoms with Crippen LogP contribution in [0.5, 0.6) is 0 Å². The number of carbonyl (C=O) groups excluding carboxylic acids is 1. The Hall–Kier alpha value is -2.05. The molecule has 1 aliphatic carbocycles. The van der Waals surface area contributed by atoms with Crippen molar-refractivity contribution in [2.24, 2.45) is 5.41 Å². The van der Waals surface area contributed by atoms with Crippen molar-refractivity contribution in [3.05, 3.63) is 18.5 Å². The highest BCUT2D eigenvalue weighted by atomic mass is 16.4. The maximum absolute atomic E-state index is 11.6. The van der Waals surface area contributed by atoms with E-state index in [1.807, 2.05) is 12.3 Å². The average Bonchev–Trinajstić information content (AvgIpc) is 2.85. The lowest BCUT2D eigenvalue weighted by molar-refractivity contribution is -0.141. The van der Waals surface area contributed by atoms with Gasteiger partial charge in [0.15, 0.2) is 0 Å². The van der Waals surface area contributed by atoms with Crippen molar-refractivity contribution >= 4 is 12.0 Å². The Morgan fingerprint density at radius 2 is 2.15 bits per heavy atom. The van der Waals surface area contributed by atoms with Gasteiger partial charge in [-0.25, -0.2) is 4.79 Å². The number of carboxylic acids is 1. The van der Waals surface area contributed by atoms with Crippen molar-refractivity contribution in [3.8, 4) is 0 Å². The molecule has 1 saturated carbocycles. The monoisotopic (exact) mass is 280 g/mol. The van der Waals surface area contributed by atoms with Crippen LogP contribution in [0.15, 0.2) is 18.5 Å². The van der Waals surface area contributed by atoms with Crippen molar-refractivity contribution in [1.29, 1.82) is 0 Å². The predicted octanol–water partition coefficient (Wildman–Crippen LogP) is 0.827. The Morgan fingerprint density at radius 3 is 2.70 bits per heavy atom. The summed E-state index contributed by atoms with van der Waals surface area (Å²) in [6.45, 7) is 1.52. The summed E-state index contributed by atoms with van der Waals surface area (Å²) in [6, 6.07) is 1.57. The van der Waals surface area contributed by atoms with E-state index in [2.05, 4.69) is 15.7 Å². The van der Waals surface area contributed by atoms with Crippen molar-refractivity contribution in [2.45, 2.75) is 32.2 Å². The van der Waals surface area contributed by atoms with Crippen LogP contribution in [0.2, 0.25) is 0 Å². The molecule has 7 nitrogen and oxygen atoms in total. The number of carbonyl (C=O) groups is 2. The Morgan fingerprint density at radius 1 is 1.35 bits per heavy atom. The average molecular weight is 280 g/mol. The summed E-state index contributed by atoms with van der Waals surface area (Å²) < 4.78 is 1.73. The summed E-state index contributed by atoms with van der Waals surface area (Å²) in [7, 11) is 0. The van der Waals surface area contributed by atoms with Crippen molar-refractivity contribution < 1.29 is 14.7 Å². The van der Waals surface area contributed by atoms with E-state index in [1.54, 1.807) is 10.9 Å². The summed E-state index contributed by atoms with van der Waals surface area (Å²) >= 11 is 0. The van der Waals surface area contributed by atoms with Gasteiger partial charge in [0.2, 0.25) is 0 Å². The summed E-state index contributed by atoms with van der Waals surface area (Å²) in [5.41, 5.74) is -0.245. The number of nitrogens with zero attached hydrogens (tertiary/aromatic N) is 2. The summed E-state index contributed by atoms with van der Waals surface area (Å²) in [5, 5.41) is 18.4. The van der Waals surface area contributed by atoms with Gasteiger partial charge in [-0.05, 0) is 24.3 Å². The third-order valence-corrected chi connectivity index (χ3v) is 3.75. The van der Waals surface area contributed by atoms with Crippen molar-refractivity contribution in [2.75, 3.05) is 13.1 Å². The van der Waals surface area contributed by atoms with Gasteiger partial charge in [0, 0.05) is 25.5 Å². The number of urea groups is 1. The largest absolute Gasteiger partial charge is 0.481 e. The molecule has 0 atom stereocenters. The molecule has 0 unspecified atom stereocenters. The number of aromatic nitrogens is 2. The number of nitrogens with one attached hydrogen (secondary N) is 2. The number of hydrogen-bond acceptors (Lipinski definition) is 3. The zero-order chi connectivity index (χ0) is 14.4. The Bertz CT molecular complexity index is 454. The highest BCUT2D eigenvalue weighted by Crippen LogP contribution is 2.43. The Labute approximate surface area is 117 Å². The summed E-state index contributed by atoms with van der Waals surface area (Å²) in [4.78, 5) is 22.5. The van der Waals surface area contributed by atoms with E-state index in [0.717, 1.165) is 19.3 Å². The number of carboxylic acid groups (broad SMARTS) is 1. The molecule has 0 bridgehead atoms. The van der Waals surface area contributed by atoms with Gasteiger partial charge in [0.1, 0.15) is 0 Å². The second-order valence-corrected chi connectivity index (χ2v) is 5.30. The molecule has 110 valence electrons. The Kier molecular flexibility index (Phi) is 4.60. The second-order valence-electron chi connectivity index (χ2n) is 5.30. The standard InChI is InChI=1S/C13H20N4O3/c18-11(19)9-13(3-1-4-13)10-15-12(20)14-6-8-17-7-2-5-16-17/h2,5,7H,1,3-4,6,8-10H2,(H,18,19)(H2,14,15,20). The van der Waals surface area contributed by atoms with Gasteiger partial charge >= 0.3 is 12.0 Å². The number of rotatable bonds is 7. The SMILES string of the molecule is O=C(O)CC1(CNC(=O)NCCn2cccn2)CCC1. The van der Waals surface area contributed by atoms with Crippen LogP contribution in [-0.4, -0.2) is 40.0 Å². The van der Waals surface area contributed by atoms with Crippen molar-refractivity contribution in [3.63, 3.8) is 0 Å². The fourth-order valence-corrected chi connectivity index (χ4v) is 2.46. The number of hydrogen-bond donors (Lipinski definition) is 3. The predicted molar refractivity (Wildman–Crippen MR) is 72.2 cm³/mol. The van der Waals surface area contributed by atoms with Crippen LogP contribution in [0.25, 0.3) is 0 Å². The fraction of sp³-hybridized carbons (Fsp3) is 0.615. The van der Waals surface area contributed by atoms with Crippen LogP contribution >= 0.6 is 0 Å². The molecular weight excluding hydrogens is 260 g/mol. The molecule has 2 rings (SSSR count). The lowest BCUT2D eigenvalue weighted by Crippen LogP contribution is -2.47. The molecule has 20 heavy (non-hydrogen) atoms. The zero-order valence-electron chi connectivity index (χ0n) is 11.3.